The van der Waals surface area contributed by atoms with E-state index in [0.29, 0.717) is 16.6 Å². The minimum absolute atomic E-state index is 0.0144. The van der Waals surface area contributed by atoms with Gasteiger partial charge in [-0.2, -0.15) is 0 Å². The summed E-state index contributed by atoms with van der Waals surface area (Å²) in [7, 11) is -2.39. The second-order valence-corrected chi connectivity index (χ2v) is 7.90. The first-order valence-electron chi connectivity index (χ1n) is 6.73. The van der Waals surface area contributed by atoms with Gasteiger partial charge in [0.15, 0.2) is 0 Å². The molecule has 0 amide bonds. The number of benzene rings is 1. The molecule has 1 rings (SSSR count). The quantitative estimate of drug-likeness (QED) is 0.707. The van der Waals surface area contributed by atoms with Gasteiger partial charge in [0.25, 0.3) is 0 Å². The van der Waals surface area contributed by atoms with Crippen LogP contribution in [0, 0.1) is 11.8 Å². The number of hydrogen-bond donors (Lipinski definition) is 2. The third-order valence-electron chi connectivity index (χ3n) is 3.05. The van der Waals surface area contributed by atoms with Gasteiger partial charge in [0, 0.05) is 17.1 Å². The third kappa shape index (κ3) is 5.26. The van der Waals surface area contributed by atoms with Crippen LogP contribution in [0.1, 0.15) is 20.3 Å². The van der Waals surface area contributed by atoms with Crippen LogP contribution in [0.4, 0.5) is 0 Å². The summed E-state index contributed by atoms with van der Waals surface area (Å²) in [5, 5.41) is 9.16. The summed E-state index contributed by atoms with van der Waals surface area (Å²) in [5.41, 5.74) is 0. The highest BCUT2D eigenvalue weighted by atomic mass is 79.9. The molecule has 1 aromatic rings. The number of methoxy groups -OCH3 is 1. The zero-order valence-electron chi connectivity index (χ0n) is 12.7. The molecular formula is C14H20BrNO5S. The Hall–Kier alpha value is -1.12. The van der Waals surface area contributed by atoms with Gasteiger partial charge in [-0.3, -0.25) is 4.79 Å². The summed E-state index contributed by atoms with van der Waals surface area (Å²) in [5.74, 6) is -1.21. The van der Waals surface area contributed by atoms with E-state index in [4.69, 9.17) is 9.84 Å². The Labute approximate surface area is 139 Å². The first kappa shape index (κ1) is 18.9. The number of aliphatic carboxylic acids is 1. The zero-order chi connectivity index (χ0) is 16.9. The lowest BCUT2D eigenvalue weighted by molar-refractivity contribution is -0.142. The van der Waals surface area contributed by atoms with Crippen LogP contribution in [0.15, 0.2) is 27.6 Å². The number of carboxylic acids is 1. The maximum atomic E-state index is 12.3. The molecule has 6 nitrogen and oxygen atoms in total. The molecule has 0 aromatic heterocycles. The van der Waals surface area contributed by atoms with Gasteiger partial charge in [-0.25, -0.2) is 13.1 Å². The summed E-state index contributed by atoms with van der Waals surface area (Å²) in [6.07, 6.45) is 0.400. The molecule has 0 aliphatic heterocycles. The van der Waals surface area contributed by atoms with Gasteiger partial charge in [0.05, 0.1) is 17.9 Å². The van der Waals surface area contributed by atoms with E-state index < -0.39 is 21.9 Å². The number of hydrogen-bond acceptors (Lipinski definition) is 4. The minimum Gasteiger partial charge on any atom is -0.497 e. The number of sulfonamides is 1. The van der Waals surface area contributed by atoms with Crippen molar-refractivity contribution in [3.8, 4) is 5.75 Å². The summed E-state index contributed by atoms with van der Waals surface area (Å²) >= 11 is 3.18. The number of carboxylic acid groups (broad SMARTS) is 1. The lowest BCUT2D eigenvalue weighted by Crippen LogP contribution is -2.33. The number of rotatable bonds is 8. The van der Waals surface area contributed by atoms with Gasteiger partial charge in [-0.1, -0.05) is 13.8 Å². The summed E-state index contributed by atoms with van der Waals surface area (Å²) in [6, 6.07) is 4.57. The highest BCUT2D eigenvalue weighted by Gasteiger charge is 2.24. The lowest BCUT2D eigenvalue weighted by Gasteiger charge is -2.16. The molecule has 0 saturated heterocycles. The van der Waals surface area contributed by atoms with Crippen LogP contribution in [0.5, 0.6) is 5.75 Å². The van der Waals surface area contributed by atoms with Crippen molar-refractivity contribution in [1.29, 1.82) is 0 Å². The highest BCUT2D eigenvalue weighted by molar-refractivity contribution is 9.10. The maximum Gasteiger partial charge on any atom is 0.307 e. The van der Waals surface area contributed by atoms with Crippen LogP contribution < -0.4 is 9.46 Å². The summed E-state index contributed by atoms with van der Waals surface area (Å²) in [4.78, 5) is 11.2. The molecule has 0 heterocycles. The van der Waals surface area contributed by atoms with E-state index in [0.717, 1.165) is 0 Å². The number of ether oxygens (including phenoxy) is 1. The van der Waals surface area contributed by atoms with Gasteiger partial charge >= 0.3 is 5.97 Å². The largest absolute Gasteiger partial charge is 0.497 e. The van der Waals surface area contributed by atoms with Crippen molar-refractivity contribution in [2.45, 2.75) is 25.2 Å². The van der Waals surface area contributed by atoms with Gasteiger partial charge in [-0.05, 0) is 40.4 Å². The monoisotopic (exact) mass is 393 g/mol. The van der Waals surface area contributed by atoms with Gasteiger partial charge in [0.2, 0.25) is 10.0 Å². The molecule has 1 aromatic carbocycles. The van der Waals surface area contributed by atoms with E-state index in [1.165, 1.54) is 13.2 Å². The van der Waals surface area contributed by atoms with Crippen LogP contribution in [-0.2, 0) is 14.8 Å². The second-order valence-electron chi connectivity index (χ2n) is 5.31. The molecular weight excluding hydrogens is 374 g/mol. The Morgan fingerprint density at radius 3 is 2.55 bits per heavy atom. The van der Waals surface area contributed by atoms with Crippen LogP contribution in [0.25, 0.3) is 0 Å². The third-order valence-corrected chi connectivity index (χ3v) is 5.47. The topological polar surface area (TPSA) is 92.7 Å². The summed E-state index contributed by atoms with van der Waals surface area (Å²) in [6.45, 7) is 3.63. The second kappa shape index (κ2) is 7.94. The van der Waals surface area contributed by atoms with Crippen molar-refractivity contribution < 1.29 is 23.1 Å². The highest BCUT2D eigenvalue weighted by Crippen LogP contribution is 2.26. The Balaban J connectivity index is 2.93. The van der Waals surface area contributed by atoms with E-state index in [2.05, 4.69) is 20.7 Å². The Bertz CT molecular complexity index is 630. The number of nitrogens with one attached hydrogen (secondary N) is 1. The van der Waals surface area contributed by atoms with E-state index in [1.54, 1.807) is 12.1 Å². The van der Waals surface area contributed by atoms with Crippen molar-refractivity contribution in [2.24, 2.45) is 11.8 Å². The molecule has 0 radical (unpaired) electrons. The SMILES string of the molecule is COc1ccc(Br)c(S(=O)(=O)NCC(CC(C)C)C(=O)O)c1. The normalized spacial score (nSPS) is 13.1. The molecule has 1 atom stereocenters. The Morgan fingerprint density at radius 1 is 1.41 bits per heavy atom. The average Bonchev–Trinajstić information content (AvgIpc) is 2.43. The van der Waals surface area contributed by atoms with Crippen molar-refractivity contribution in [3.05, 3.63) is 22.7 Å². The molecule has 2 N–H and O–H groups in total. The van der Waals surface area contributed by atoms with Crippen LogP contribution in [-0.4, -0.2) is 33.1 Å². The number of halogens is 1. The number of carbonyl (C=O) groups is 1. The molecule has 0 spiro atoms. The molecule has 1 unspecified atom stereocenters. The fourth-order valence-electron chi connectivity index (χ4n) is 1.95. The van der Waals surface area contributed by atoms with Crippen LogP contribution in [0.2, 0.25) is 0 Å². The molecule has 0 saturated carbocycles. The molecule has 22 heavy (non-hydrogen) atoms. The molecule has 0 aliphatic rings. The van der Waals surface area contributed by atoms with E-state index >= 15 is 0 Å². The van der Waals surface area contributed by atoms with E-state index in [-0.39, 0.29) is 17.4 Å². The first-order valence-corrected chi connectivity index (χ1v) is 9.01. The fraction of sp³-hybridized carbons (Fsp3) is 0.500. The van der Waals surface area contributed by atoms with E-state index in [1.807, 2.05) is 13.8 Å². The van der Waals surface area contributed by atoms with Crippen LogP contribution in [0.3, 0.4) is 0 Å². The van der Waals surface area contributed by atoms with Crippen molar-refractivity contribution in [1.82, 2.24) is 4.72 Å². The molecule has 0 fully saturated rings. The zero-order valence-corrected chi connectivity index (χ0v) is 15.1. The fourth-order valence-corrected chi connectivity index (χ4v) is 4.00. The Morgan fingerprint density at radius 2 is 2.05 bits per heavy atom. The van der Waals surface area contributed by atoms with Crippen molar-refractivity contribution in [3.63, 3.8) is 0 Å². The standard InChI is InChI=1S/C14H20BrNO5S/c1-9(2)6-10(14(17)18)8-16-22(19,20)13-7-11(21-3)4-5-12(13)15/h4-5,7,9-10,16H,6,8H2,1-3H3,(H,17,18). The maximum absolute atomic E-state index is 12.3. The van der Waals surface area contributed by atoms with Crippen LogP contribution >= 0.6 is 15.9 Å². The van der Waals surface area contributed by atoms with Gasteiger partial charge < -0.3 is 9.84 Å². The van der Waals surface area contributed by atoms with Gasteiger partial charge in [0.1, 0.15) is 5.75 Å². The predicted molar refractivity (Wildman–Crippen MR) is 86.5 cm³/mol. The molecule has 124 valence electrons. The van der Waals surface area contributed by atoms with Crippen molar-refractivity contribution in [2.75, 3.05) is 13.7 Å². The molecule has 0 aliphatic carbocycles. The van der Waals surface area contributed by atoms with Gasteiger partial charge in [-0.15, -0.1) is 0 Å². The Kier molecular flexibility index (Phi) is 6.83. The smallest absolute Gasteiger partial charge is 0.307 e. The van der Waals surface area contributed by atoms with Crippen molar-refractivity contribution >= 4 is 31.9 Å². The lowest BCUT2D eigenvalue weighted by atomic mass is 9.98. The predicted octanol–water partition coefficient (Wildman–Crippen LogP) is 2.48. The summed E-state index contributed by atoms with van der Waals surface area (Å²) < 4.78 is 32.4. The van der Waals surface area contributed by atoms with E-state index in [9.17, 15) is 13.2 Å². The first-order chi connectivity index (χ1) is 10.2. The molecule has 8 heteroatoms. The average molecular weight is 394 g/mol. The molecule has 0 bridgehead atoms. The minimum atomic E-state index is -3.83.